The number of ether oxygens (including phenoxy) is 1. The monoisotopic (exact) mass is 381 g/mol. The van der Waals surface area contributed by atoms with Gasteiger partial charge in [-0.2, -0.15) is 0 Å². The van der Waals surface area contributed by atoms with E-state index in [9.17, 15) is 22.8 Å². The van der Waals surface area contributed by atoms with Gasteiger partial charge in [0.25, 0.3) is 0 Å². The molecule has 0 atom stereocenters. The van der Waals surface area contributed by atoms with E-state index in [-0.39, 0.29) is 30.2 Å². The van der Waals surface area contributed by atoms with E-state index < -0.39 is 12.3 Å². The van der Waals surface area contributed by atoms with Crippen molar-refractivity contribution in [1.29, 1.82) is 0 Å². The fourth-order valence-electron chi connectivity index (χ4n) is 2.41. The fraction of sp³-hybridized carbons (Fsp3) is 0.263. The third kappa shape index (κ3) is 6.65. The zero-order valence-electron chi connectivity index (χ0n) is 14.5. The minimum absolute atomic E-state index is 0.132. The predicted molar refractivity (Wildman–Crippen MR) is 91.3 cm³/mol. The van der Waals surface area contributed by atoms with Gasteiger partial charge in [-0.15, -0.1) is 13.2 Å². The average molecular weight is 381 g/mol. The highest BCUT2D eigenvalue weighted by Gasteiger charge is 2.30. The Kier molecular flexibility index (Phi) is 6.44. The molecule has 0 saturated carbocycles. The van der Waals surface area contributed by atoms with Gasteiger partial charge in [-0.05, 0) is 41.8 Å². The van der Waals surface area contributed by atoms with Crippen molar-refractivity contribution in [3.63, 3.8) is 0 Å². The summed E-state index contributed by atoms with van der Waals surface area (Å²) in [7, 11) is 1.61. The van der Waals surface area contributed by atoms with Crippen LogP contribution < -0.4 is 4.74 Å². The SMILES string of the molecule is CN(Cc1ccc(OC(F)(F)F)cc1)C(=O)CCc1ccc(C(=O)O)cc1. The summed E-state index contributed by atoms with van der Waals surface area (Å²) in [6, 6.07) is 11.6. The second kappa shape index (κ2) is 8.57. The Morgan fingerprint density at radius 2 is 1.56 bits per heavy atom. The maximum atomic E-state index is 12.2. The number of hydrogen-bond acceptors (Lipinski definition) is 3. The van der Waals surface area contributed by atoms with Gasteiger partial charge in [0, 0.05) is 20.0 Å². The van der Waals surface area contributed by atoms with Gasteiger partial charge in [-0.25, -0.2) is 4.79 Å². The van der Waals surface area contributed by atoms with Crippen LogP contribution in [0.25, 0.3) is 0 Å². The third-order valence-electron chi connectivity index (χ3n) is 3.83. The van der Waals surface area contributed by atoms with Gasteiger partial charge < -0.3 is 14.7 Å². The first-order valence-electron chi connectivity index (χ1n) is 8.05. The quantitative estimate of drug-likeness (QED) is 0.791. The number of rotatable bonds is 7. The van der Waals surface area contributed by atoms with Crippen molar-refractivity contribution in [3.05, 3.63) is 65.2 Å². The number of carbonyl (C=O) groups is 2. The average Bonchev–Trinajstić information content (AvgIpc) is 2.60. The van der Waals surface area contributed by atoms with Gasteiger partial charge in [0.1, 0.15) is 5.75 Å². The molecule has 0 radical (unpaired) electrons. The Bertz CT molecular complexity index is 786. The number of aromatic carboxylic acids is 1. The molecule has 0 unspecified atom stereocenters. The maximum absolute atomic E-state index is 12.2. The van der Waals surface area contributed by atoms with Crippen LogP contribution in [-0.2, 0) is 17.8 Å². The molecule has 0 bridgehead atoms. The summed E-state index contributed by atoms with van der Waals surface area (Å²) >= 11 is 0. The molecule has 1 N–H and O–H groups in total. The van der Waals surface area contributed by atoms with E-state index in [4.69, 9.17) is 5.11 Å². The summed E-state index contributed by atoms with van der Waals surface area (Å²) in [6.07, 6.45) is -4.05. The Morgan fingerprint density at radius 3 is 2.07 bits per heavy atom. The molecule has 2 aromatic carbocycles. The molecule has 2 aromatic rings. The fourth-order valence-corrected chi connectivity index (χ4v) is 2.41. The van der Waals surface area contributed by atoms with E-state index in [0.29, 0.717) is 12.0 Å². The summed E-state index contributed by atoms with van der Waals surface area (Å²) in [5, 5.41) is 8.86. The van der Waals surface area contributed by atoms with Crippen LogP contribution in [0, 0.1) is 0 Å². The van der Waals surface area contributed by atoms with Crippen molar-refractivity contribution in [3.8, 4) is 5.75 Å². The van der Waals surface area contributed by atoms with Gasteiger partial charge in [-0.1, -0.05) is 24.3 Å². The molecule has 0 heterocycles. The van der Waals surface area contributed by atoms with Gasteiger partial charge in [0.2, 0.25) is 5.91 Å². The van der Waals surface area contributed by atoms with Crippen LogP contribution >= 0.6 is 0 Å². The Hall–Kier alpha value is -3.03. The standard InChI is InChI=1S/C19H18F3NO4/c1-23(12-14-4-9-16(10-5-14)27-19(20,21)22)17(24)11-6-13-2-7-15(8-3-13)18(25)26/h2-5,7-10H,6,11-12H2,1H3,(H,25,26). The third-order valence-corrected chi connectivity index (χ3v) is 3.83. The molecule has 0 fully saturated rings. The first-order valence-corrected chi connectivity index (χ1v) is 8.05. The summed E-state index contributed by atoms with van der Waals surface area (Å²) in [5.74, 6) is -1.46. The number of carboxylic acids is 1. The molecule has 2 rings (SSSR count). The number of hydrogen-bond donors (Lipinski definition) is 1. The first kappa shape index (κ1) is 20.3. The van der Waals surface area contributed by atoms with Crippen molar-refractivity contribution in [1.82, 2.24) is 4.90 Å². The van der Waals surface area contributed by atoms with Crippen LogP contribution in [0.5, 0.6) is 5.75 Å². The highest BCUT2D eigenvalue weighted by Crippen LogP contribution is 2.23. The van der Waals surface area contributed by atoms with E-state index >= 15 is 0 Å². The van der Waals surface area contributed by atoms with Gasteiger partial charge in [0.15, 0.2) is 0 Å². The smallest absolute Gasteiger partial charge is 0.478 e. The van der Waals surface area contributed by atoms with E-state index in [1.54, 1.807) is 19.2 Å². The number of benzene rings is 2. The van der Waals surface area contributed by atoms with Crippen LogP contribution in [0.1, 0.15) is 27.9 Å². The molecule has 0 aromatic heterocycles. The van der Waals surface area contributed by atoms with Gasteiger partial charge >= 0.3 is 12.3 Å². The van der Waals surface area contributed by atoms with E-state index in [2.05, 4.69) is 4.74 Å². The minimum Gasteiger partial charge on any atom is -0.478 e. The number of nitrogens with zero attached hydrogens (tertiary/aromatic N) is 1. The van der Waals surface area contributed by atoms with E-state index in [0.717, 1.165) is 5.56 Å². The molecule has 0 aliphatic carbocycles. The van der Waals surface area contributed by atoms with Crippen molar-refractivity contribution in [2.24, 2.45) is 0 Å². The Morgan fingerprint density at radius 1 is 1.00 bits per heavy atom. The maximum Gasteiger partial charge on any atom is 0.573 e. The van der Waals surface area contributed by atoms with Crippen molar-refractivity contribution in [2.75, 3.05) is 7.05 Å². The highest BCUT2D eigenvalue weighted by molar-refractivity contribution is 5.87. The Labute approximate surface area is 154 Å². The summed E-state index contributed by atoms with van der Waals surface area (Å²) < 4.78 is 40.2. The van der Waals surface area contributed by atoms with Crippen molar-refractivity contribution in [2.45, 2.75) is 25.7 Å². The molecule has 27 heavy (non-hydrogen) atoms. The largest absolute Gasteiger partial charge is 0.573 e. The van der Waals surface area contributed by atoms with Gasteiger partial charge in [-0.3, -0.25) is 4.79 Å². The number of aryl methyl sites for hydroxylation is 1. The topological polar surface area (TPSA) is 66.8 Å². The number of carboxylic acid groups (broad SMARTS) is 1. The van der Waals surface area contributed by atoms with Crippen molar-refractivity contribution < 1.29 is 32.6 Å². The summed E-state index contributed by atoms with van der Waals surface area (Å²) in [6.45, 7) is 0.253. The minimum atomic E-state index is -4.74. The first-order chi connectivity index (χ1) is 12.6. The number of amides is 1. The lowest BCUT2D eigenvalue weighted by atomic mass is 10.1. The molecule has 0 saturated heterocycles. The van der Waals surface area contributed by atoms with Gasteiger partial charge in [0.05, 0.1) is 5.56 Å². The van der Waals surface area contributed by atoms with E-state index in [1.807, 2.05) is 0 Å². The predicted octanol–water partition coefficient (Wildman–Crippen LogP) is 3.87. The molecule has 144 valence electrons. The van der Waals surface area contributed by atoms with Crippen LogP contribution in [0.3, 0.4) is 0 Å². The van der Waals surface area contributed by atoms with Crippen LogP contribution in [0.4, 0.5) is 13.2 Å². The van der Waals surface area contributed by atoms with Crippen LogP contribution in [0.2, 0.25) is 0 Å². The molecule has 0 aliphatic heterocycles. The number of alkyl halides is 3. The lowest BCUT2D eigenvalue weighted by Crippen LogP contribution is -2.26. The molecular formula is C19H18F3NO4. The second-order valence-electron chi connectivity index (χ2n) is 5.94. The number of halogens is 3. The van der Waals surface area contributed by atoms with E-state index in [1.165, 1.54) is 41.3 Å². The molecule has 0 spiro atoms. The second-order valence-corrected chi connectivity index (χ2v) is 5.94. The molecule has 8 heteroatoms. The highest BCUT2D eigenvalue weighted by atomic mass is 19.4. The summed E-state index contributed by atoms with van der Waals surface area (Å²) in [4.78, 5) is 24.5. The zero-order chi connectivity index (χ0) is 20.0. The normalized spacial score (nSPS) is 11.1. The number of carbonyl (C=O) groups excluding carboxylic acids is 1. The lowest BCUT2D eigenvalue weighted by molar-refractivity contribution is -0.274. The lowest BCUT2D eigenvalue weighted by Gasteiger charge is -2.18. The Balaban J connectivity index is 1.85. The molecule has 5 nitrogen and oxygen atoms in total. The molecule has 0 aliphatic rings. The molecule has 1 amide bonds. The molecular weight excluding hydrogens is 363 g/mol. The van der Waals surface area contributed by atoms with Crippen LogP contribution in [0.15, 0.2) is 48.5 Å². The zero-order valence-corrected chi connectivity index (χ0v) is 14.5. The van der Waals surface area contributed by atoms with Crippen LogP contribution in [-0.4, -0.2) is 35.3 Å². The summed E-state index contributed by atoms with van der Waals surface area (Å²) in [5.41, 5.74) is 1.70. The van der Waals surface area contributed by atoms with Crippen molar-refractivity contribution >= 4 is 11.9 Å².